The molecule has 1 N–H and O–H groups in total. The lowest BCUT2D eigenvalue weighted by atomic mass is 9.95. The molecule has 1 atom stereocenters. The normalized spacial score (nSPS) is 12.8. The summed E-state index contributed by atoms with van der Waals surface area (Å²) in [6.45, 7) is 6.31. The number of aryl methyl sites for hydroxylation is 1. The molecule has 0 aromatic heterocycles. The molecule has 1 heteroatoms. The van der Waals surface area contributed by atoms with Crippen molar-refractivity contribution in [1.29, 1.82) is 0 Å². The molecule has 0 fully saturated rings. The van der Waals surface area contributed by atoms with Gasteiger partial charge < -0.3 is 5.11 Å². The Labute approximate surface area is 80.4 Å². The Kier molecular flexibility index (Phi) is 3.35. The van der Waals surface area contributed by atoms with Gasteiger partial charge in [0.15, 0.2) is 0 Å². The first-order chi connectivity index (χ1) is 6.15. The van der Waals surface area contributed by atoms with Crippen LogP contribution in [0.15, 0.2) is 18.2 Å². The fraction of sp³-hybridized carbons (Fsp3) is 0.500. The average Bonchev–Trinajstić information content (AvgIpc) is 2.10. The van der Waals surface area contributed by atoms with Crippen LogP contribution in [0.25, 0.3) is 0 Å². The van der Waals surface area contributed by atoms with Crippen molar-refractivity contribution in [2.75, 3.05) is 0 Å². The topological polar surface area (TPSA) is 20.2 Å². The van der Waals surface area contributed by atoms with Gasteiger partial charge in [-0.25, -0.2) is 0 Å². The molecule has 0 bridgehead atoms. The maximum Gasteiger partial charge on any atom is 0.118 e. The summed E-state index contributed by atoms with van der Waals surface area (Å²) in [5.41, 5.74) is 2.19. The van der Waals surface area contributed by atoms with E-state index in [-0.39, 0.29) is 0 Å². The largest absolute Gasteiger partial charge is 0.508 e. The molecule has 72 valence electrons. The summed E-state index contributed by atoms with van der Waals surface area (Å²) in [4.78, 5) is 0. The average molecular weight is 178 g/mol. The number of rotatable bonds is 3. The van der Waals surface area contributed by atoms with Gasteiger partial charge >= 0.3 is 0 Å². The maximum atomic E-state index is 9.52. The summed E-state index contributed by atoms with van der Waals surface area (Å²) in [5.74, 6) is 0.969. The van der Waals surface area contributed by atoms with E-state index in [9.17, 15) is 5.11 Å². The molecular formula is C12H18O. The number of phenolic OH excluding ortho intramolecular Hbond substituents is 1. The minimum Gasteiger partial charge on any atom is -0.508 e. The Morgan fingerprint density at radius 1 is 1.38 bits per heavy atom. The number of hydrogen-bond donors (Lipinski definition) is 1. The predicted octanol–water partition coefficient (Wildman–Crippen LogP) is 3.60. The molecule has 0 heterocycles. The molecule has 0 radical (unpaired) electrons. The molecule has 1 rings (SSSR count). The molecule has 0 aliphatic rings. The van der Waals surface area contributed by atoms with E-state index in [1.165, 1.54) is 18.4 Å². The summed E-state index contributed by atoms with van der Waals surface area (Å²) in [6.07, 6.45) is 2.37. The number of hydrogen-bond acceptors (Lipinski definition) is 1. The number of phenols is 1. The lowest BCUT2D eigenvalue weighted by Gasteiger charge is -2.11. The van der Waals surface area contributed by atoms with Crippen molar-refractivity contribution in [2.45, 2.75) is 39.5 Å². The fourth-order valence-electron chi connectivity index (χ4n) is 1.53. The first kappa shape index (κ1) is 10.1. The van der Waals surface area contributed by atoms with Crippen LogP contribution in [0.5, 0.6) is 5.75 Å². The van der Waals surface area contributed by atoms with Crippen molar-refractivity contribution in [3.63, 3.8) is 0 Å². The lowest BCUT2D eigenvalue weighted by Crippen LogP contribution is -1.92. The van der Waals surface area contributed by atoms with E-state index >= 15 is 0 Å². The molecule has 1 unspecified atom stereocenters. The van der Waals surface area contributed by atoms with E-state index in [0.29, 0.717) is 11.7 Å². The van der Waals surface area contributed by atoms with Gasteiger partial charge in [-0.05, 0) is 36.5 Å². The summed E-state index contributed by atoms with van der Waals surface area (Å²) >= 11 is 0. The Morgan fingerprint density at radius 3 is 2.62 bits per heavy atom. The third-order valence-electron chi connectivity index (χ3n) is 2.52. The van der Waals surface area contributed by atoms with E-state index in [1.54, 1.807) is 0 Å². The van der Waals surface area contributed by atoms with Crippen LogP contribution in [0.4, 0.5) is 0 Å². The zero-order valence-electron chi connectivity index (χ0n) is 8.67. The van der Waals surface area contributed by atoms with E-state index in [2.05, 4.69) is 19.9 Å². The second kappa shape index (κ2) is 4.31. The molecule has 0 amide bonds. The summed E-state index contributed by atoms with van der Waals surface area (Å²) < 4.78 is 0. The quantitative estimate of drug-likeness (QED) is 0.749. The molecular weight excluding hydrogens is 160 g/mol. The summed E-state index contributed by atoms with van der Waals surface area (Å²) in [5, 5.41) is 9.52. The Bertz CT molecular complexity index is 278. The van der Waals surface area contributed by atoms with Crippen LogP contribution in [-0.4, -0.2) is 5.11 Å². The van der Waals surface area contributed by atoms with Gasteiger partial charge in [0.1, 0.15) is 5.75 Å². The lowest BCUT2D eigenvalue weighted by molar-refractivity contribution is 0.469. The van der Waals surface area contributed by atoms with Gasteiger partial charge in [-0.3, -0.25) is 0 Å². The van der Waals surface area contributed by atoms with Gasteiger partial charge in [0, 0.05) is 0 Å². The SMILES string of the molecule is CCCC(C)c1ccc(C)c(O)c1. The third kappa shape index (κ3) is 2.48. The van der Waals surface area contributed by atoms with Gasteiger partial charge in [0.25, 0.3) is 0 Å². The molecule has 0 saturated heterocycles. The van der Waals surface area contributed by atoms with Crippen LogP contribution in [0, 0.1) is 6.92 Å². The number of benzene rings is 1. The van der Waals surface area contributed by atoms with E-state index in [0.717, 1.165) is 5.56 Å². The van der Waals surface area contributed by atoms with Gasteiger partial charge in [0.2, 0.25) is 0 Å². The Balaban J connectivity index is 2.84. The third-order valence-corrected chi connectivity index (χ3v) is 2.52. The molecule has 0 saturated carbocycles. The fourth-order valence-corrected chi connectivity index (χ4v) is 1.53. The van der Waals surface area contributed by atoms with Gasteiger partial charge in [-0.15, -0.1) is 0 Å². The molecule has 1 aromatic carbocycles. The van der Waals surface area contributed by atoms with Crippen LogP contribution in [0.3, 0.4) is 0 Å². The highest BCUT2D eigenvalue weighted by Crippen LogP contribution is 2.25. The smallest absolute Gasteiger partial charge is 0.118 e. The first-order valence-corrected chi connectivity index (χ1v) is 4.94. The van der Waals surface area contributed by atoms with E-state index in [4.69, 9.17) is 0 Å². The highest BCUT2D eigenvalue weighted by Gasteiger charge is 2.05. The highest BCUT2D eigenvalue weighted by atomic mass is 16.3. The molecule has 1 aromatic rings. The van der Waals surface area contributed by atoms with E-state index in [1.807, 2.05) is 19.1 Å². The van der Waals surface area contributed by atoms with Crippen molar-refractivity contribution in [1.82, 2.24) is 0 Å². The van der Waals surface area contributed by atoms with Crippen molar-refractivity contribution in [2.24, 2.45) is 0 Å². The van der Waals surface area contributed by atoms with Crippen LogP contribution >= 0.6 is 0 Å². The molecule has 1 nitrogen and oxygen atoms in total. The minimum atomic E-state index is 0.417. The molecule has 13 heavy (non-hydrogen) atoms. The number of aromatic hydroxyl groups is 1. The van der Waals surface area contributed by atoms with Crippen molar-refractivity contribution >= 4 is 0 Å². The maximum absolute atomic E-state index is 9.52. The van der Waals surface area contributed by atoms with Gasteiger partial charge in [-0.2, -0.15) is 0 Å². The van der Waals surface area contributed by atoms with Crippen molar-refractivity contribution in [3.8, 4) is 5.75 Å². The highest BCUT2D eigenvalue weighted by molar-refractivity contribution is 5.36. The Hall–Kier alpha value is -0.980. The standard InChI is InChI=1S/C12H18O/c1-4-5-9(2)11-7-6-10(3)12(13)8-11/h6-9,13H,4-5H2,1-3H3. The monoisotopic (exact) mass is 178 g/mol. The van der Waals surface area contributed by atoms with Crippen molar-refractivity contribution in [3.05, 3.63) is 29.3 Å². The molecule has 0 aliphatic heterocycles. The van der Waals surface area contributed by atoms with Crippen LogP contribution in [0.1, 0.15) is 43.7 Å². The molecule has 0 aliphatic carbocycles. The molecule has 0 spiro atoms. The van der Waals surface area contributed by atoms with Gasteiger partial charge in [-0.1, -0.05) is 32.4 Å². The first-order valence-electron chi connectivity index (χ1n) is 4.94. The van der Waals surface area contributed by atoms with Gasteiger partial charge in [0.05, 0.1) is 0 Å². The van der Waals surface area contributed by atoms with Crippen LogP contribution in [-0.2, 0) is 0 Å². The zero-order valence-corrected chi connectivity index (χ0v) is 8.67. The van der Waals surface area contributed by atoms with Crippen molar-refractivity contribution < 1.29 is 5.11 Å². The second-order valence-corrected chi connectivity index (χ2v) is 3.74. The Morgan fingerprint density at radius 2 is 2.08 bits per heavy atom. The van der Waals surface area contributed by atoms with Crippen LogP contribution in [0.2, 0.25) is 0 Å². The minimum absolute atomic E-state index is 0.417. The van der Waals surface area contributed by atoms with E-state index < -0.39 is 0 Å². The van der Waals surface area contributed by atoms with Crippen LogP contribution < -0.4 is 0 Å². The zero-order chi connectivity index (χ0) is 9.84. The predicted molar refractivity (Wildman–Crippen MR) is 56.2 cm³/mol. The summed E-state index contributed by atoms with van der Waals surface area (Å²) in [6, 6.07) is 5.97. The summed E-state index contributed by atoms with van der Waals surface area (Å²) in [7, 11) is 0. The second-order valence-electron chi connectivity index (χ2n) is 3.74.